The maximum absolute atomic E-state index is 10.7. The third kappa shape index (κ3) is 2.43. The van der Waals surface area contributed by atoms with Crippen LogP contribution >= 0.6 is 11.6 Å². The third-order valence-electron chi connectivity index (χ3n) is 1.22. The number of anilines is 1. The van der Waals surface area contributed by atoms with Crippen LogP contribution in [0.1, 0.15) is 0 Å². The molecule has 0 unspecified atom stereocenters. The predicted molar refractivity (Wildman–Crippen MR) is 47.2 cm³/mol. The fraction of sp³-hybridized carbons (Fsp3) is 0.125. The van der Waals surface area contributed by atoms with Crippen LogP contribution in [0.2, 0.25) is 0 Å². The lowest BCUT2D eigenvalue weighted by atomic mass is 10.3. The summed E-state index contributed by atoms with van der Waals surface area (Å²) in [6.07, 6.45) is 0. The summed E-state index contributed by atoms with van der Waals surface area (Å²) in [7, 11) is 0. The second kappa shape index (κ2) is 3.97. The van der Waals surface area contributed by atoms with Crippen LogP contribution in [0.3, 0.4) is 0 Å². The van der Waals surface area contributed by atoms with Gasteiger partial charge in [0.05, 0.1) is 0 Å². The van der Waals surface area contributed by atoms with Crippen molar-refractivity contribution >= 4 is 23.3 Å². The number of hydrogen-bond donors (Lipinski definition) is 1. The van der Waals surface area contributed by atoms with Gasteiger partial charge in [-0.25, -0.2) is 0 Å². The van der Waals surface area contributed by atoms with Crippen molar-refractivity contribution in [1.82, 2.24) is 0 Å². The highest BCUT2D eigenvalue weighted by atomic mass is 35.5. The smallest absolute Gasteiger partial charge is 0.326 e. The predicted octanol–water partition coefficient (Wildman–Crippen LogP) is 1.41. The monoisotopic (exact) mass is 185 g/mol. The Balaban J connectivity index is 2.64. The molecule has 0 amide bonds. The number of carbonyl (C=O) groups excluding carboxylic acids is 1. The number of hydrogen-bond acceptors (Lipinski definition) is 3. The van der Waals surface area contributed by atoms with E-state index in [1.165, 1.54) is 0 Å². The average Bonchev–Trinajstić information content (AvgIpc) is 2.09. The second-order valence-electron chi connectivity index (χ2n) is 2.18. The molecule has 0 spiro atoms. The van der Waals surface area contributed by atoms with Crippen molar-refractivity contribution < 1.29 is 9.53 Å². The highest BCUT2D eigenvalue weighted by Gasteiger charge is 2.00. The van der Waals surface area contributed by atoms with Crippen LogP contribution in [-0.4, -0.2) is 11.8 Å². The molecule has 1 rings (SSSR count). The van der Waals surface area contributed by atoms with E-state index in [0.717, 1.165) is 0 Å². The molecule has 0 aliphatic rings. The minimum absolute atomic E-state index is 0.148. The molecule has 3 nitrogen and oxygen atoms in total. The molecular formula is C8H8ClNO2. The second-order valence-corrected chi connectivity index (χ2v) is 2.44. The Morgan fingerprint density at radius 3 is 2.50 bits per heavy atom. The standard InChI is InChI=1S/C8H8ClNO2/c9-5-8(11)12-7-3-1-6(10)2-4-7/h1-4H,5,10H2. The lowest BCUT2D eigenvalue weighted by Crippen LogP contribution is -2.08. The number of nitrogens with two attached hydrogens (primary N) is 1. The minimum atomic E-state index is -0.471. The molecular weight excluding hydrogens is 178 g/mol. The van der Waals surface area contributed by atoms with Crippen LogP contribution in [0.15, 0.2) is 24.3 Å². The number of alkyl halides is 1. The molecule has 0 aliphatic carbocycles. The van der Waals surface area contributed by atoms with Gasteiger partial charge in [0, 0.05) is 5.69 Å². The van der Waals surface area contributed by atoms with Crippen LogP contribution in [0.25, 0.3) is 0 Å². The van der Waals surface area contributed by atoms with E-state index in [-0.39, 0.29) is 5.88 Å². The SMILES string of the molecule is Nc1ccc(OC(=O)CCl)cc1. The molecule has 1 aromatic rings. The molecule has 2 N–H and O–H groups in total. The highest BCUT2D eigenvalue weighted by molar-refractivity contribution is 6.26. The van der Waals surface area contributed by atoms with Gasteiger partial charge in [0.2, 0.25) is 0 Å². The number of benzene rings is 1. The Kier molecular flexibility index (Phi) is 2.94. The van der Waals surface area contributed by atoms with Gasteiger partial charge in [-0.05, 0) is 24.3 Å². The first-order chi connectivity index (χ1) is 5.72. The molecule has 0 bridgehead atoms. The normalized spacial score (nSPS) is 9.42. The zero-order valence-corrected chi connectivity index (χ0v) is 7.04. The van der Waals surface area contributed by atoms with Gasteiger partial charge in [-0.2, -0.15) is 0 Å². The van der Waals surface area contributed by atoms with Gasteiger partial charge >= 0.3 is 5.97 Å². The summed E-state index contributed by atoms with van der Waals surface area (Å²) in [6.45, 7) is 0. The number of rotatable bonds is 2. The first kappa shape index (κ1) is 8.87. The largest absolute Gasteiger partial charge is 0.426 e. The van der Waals surface area contributed by atoms with Crippen LogP contribution in [0.4, 0.5) is 5.69 Å². The molecule has 64 valence electrons. The van der Waals surface area contributed by atoms with Gasteiger partial charge < -0.3 is 10.5 Å². The van der Waals surface area contributed by atoms with Crippen LogP contribution in [0, 0.1) is 0 Å². The quantitative estimate of drug-likeness (QED) is 0.328. The Morgan fingerprint density at radius 1 is 1.42 bits per heavy atom. The average molecular weight is 186 g/mol. The lowest BCUT2D eigenvalue weighted by Gasteiger charge is -2.00. The van der Waals surface area contributed by atoms with E-state index >= 15 is 0 Å². The van der Waals surface area contributed by atoms with Crippen molar-refractivity contribution in [3.8, 4) is 5.75 Å². The van der Waals surface area contributed by atoms with Crippen molar-refractivity contribution in [3.63, 3.8) is 0 Å². The summed E-state index contributed by atoms with van der Waals surface area (Å²) in [5.41, 5.74) is 6.05. The first-order valence-corrected chi connectivity index (χ1v) is 3.88. The molecule has 0 atom stereocenters. The van der Waals surface area contributed by atoms with Gasteiger partial charge in [-0.15, -0.1) is 11.6 Å². The maximum Gasteiger partial charge on any atom is 0.326 e. The van der Waals surface area contributed by atoms with Crippen LogP contribution < -0.4 is 10.5 Å². The Labute approximate surface area is 75.1 Å². The maximum atomic E-state index is 10.7. The summed E-state index contributed by atoms with van der Waals surface area (Å²) in [5, 5.41) is 0. The first-order valence-electron chi connectivity index (χ1n) is 3.34. The Bertz CT molecular complexity index is 271. The number of nitrogen functional groups attached to an aromatic ring is 1. The van der Waals surface area contributed by atoms with E-state index in [1.807, 2.05) is 0 Å². The molecule has 0 saturated heterocycles. The third-order valence-corrected chi connectivity index (χ3v) is 1.44. The van der Waals surface area contributed by atoms with Crippen molar-refractivity contribution in [2.45, 2.75) is 0 Å². The molecule has 0 saturated carbocycles. The minimum Gasteiger partial charge on any atom is -0.426 e. The van der Waals surface area contributed by atoms with Crippen LogP contribution in [-0.2, 0) is 4.79 Å². The van der Waals surface area contributed by atoms with E-state index in [4.69, 9.17) is 22.1 Å². The topological polar surface area (TPSA) is 52.3 Å². The summed E-state index contributed by atoms with van der Waals surface area (Å²) < 4.78 is 4.79. The summed E-state index contributed by atoms with van der Waals surface area (Å²) in [5.74, 6) is -0.166. The number of carbonyl (C=O) groups is 1. The fourth-order valence-electron chi connectivity index (χ4n) is 0.695. The van der Waals surface area contributed by atoms with Crippen molar-refractivity contribution in [2.75, 3.05) is 11.6 Å². The van der Waals surface area contributed by atoms with Gasteiger partial charge in [-0.3, -0.25) is 4.79 Å². The molecule has 0 fully saturated rings. The lowest BCUT2D eigenvalue weighted by molar-refractivity contribution is -0.131. The molecule has 0 aromatic heterocycles. The number of esters is 1. The van der Waals surface area contributed by atoms with Crippen molar-refractivity contribution in [2.24, 2.45) is 0 Å². The van der Waals surface area contributed by atoms with E-state index < -0.39 is 5.97 Å². The molecule has 0 heterocycles. The molecule has 1 aromatic carbocycles. The number of ether oxygens (including phenoxy) is 1. The summed E-state index contributed by atoms with van der Waals surface area (Å²) in [4.78, 5) is 10.7. The Hall–Kier alpha value is -1.22. The van der Waals surface area contributed by atoms with E-state index in [2.05, 4.69) is 0 Å². The summed E-state index contributed by atoms with van der Waals surface area (Å²) >= 11 is 5.23. The van der Waals surface area contributed by atoms with Gasteiger partial charge in [-0.1, -0.05) is 0 Å². The van der Waals surface area contributed by atoms with Crippen LogP contribution in [0.5, 0.6) is 5.75 Å². The number of halogens is 1. The zero-order valence-electron chi connectivity index (χ0n) is 6.29. The summed E-state index contributed by atoms with van der Waals surface area (Å²) in [6, 6.07) is 6.52. The van der Waals surface area contributed by atoms with E-state index in [9.17, 15) is 4.79 Å². The van der Waals surface area contributed by atoms with Gasteiger partial charge in [0.1, 0.15) is 11.6 Å². The Morgan fingerprint density at radius 2 is 2.00 bits per heavy atom. The molecule has 4 heteroatoms. The van der Waals surface area contributed by atoms with E-state index in [0.29, 0.717) is 11.4 Å². The molecule has 12 heavy (non-hydrogen) atoms. The van der Waals surface area contributed by atoms with Gasteiger partial charge in [0.25, 0.3) is 0 Å². The molecule has 0 radical (unpaired) electrons. The van der Waals surface area contributed by atoms with Gasteiger partial charge in [0.15, 0.2) is 0 Å². The highest BCUT2D eigenvalue weighted by Crippen LogP contribution is 2.13. The van der Waals surface area contributed by atoms with Crippen molar-refractivity contribution in [1.29, 1.82) is 0 Å². The molecule has 0 aliphatic heterocycles. The zero-order chi connectivity index (χ0) is 8.97. The fourth-order valence-corrected chi connectivity index (χ4v) is 0.749. The van der Waals surface area contributed by atoms with Crippen molar-refractivity contribution in [3.05, 3.63) is 24.3 Å². The van der Waals surface area contributed by atoms with E-state index in [1.54, 1.807) is 24.3 Å².